The van der Waals surface area contributed by atoms with Crippen molar-refractivity contribution < 1.29 is 0 Å². The molecule has 0 spiro atoms. The van der Waals surface area contributed by atoms with E-state index < -0.39 is 0 Å². The standard InChI is InChI=1S/C13H20BrN3/c14-12(7-15)8-16-17-13-4-9-1-10(5-13)3-11(2-9)6-13/h9-12,16-17H,1-6,8H2. The maximum atomic E-state index is 8.73. The molecule has 0 saturated heterocycles. The van der Waals surface area contributed by atoms with Gasteiger partial charge in [0.05, 0.1) is 6.07 Å². The van der Waals surface area contributed by atoms with Gasteiger partial charge in [0.1, 0.15) is 4.83 Å². The third-order valence-corrected chi connectivity index (χ3v) is 5.34. The van der Waals surface area contributed by atoms with Crippen molar-refractivity contribution in [2.75, 3.05) is 6.54 Å². The summed E-state index contributed by atoms with van der Waals surface area (Å²) >= 11 is 3.32. The smallest absolute Gasteiger partial charge is 0.115 e. The predicted molar refractivity (Wildman–Crippen MR) is 70.4 cm³/mol. The molecule has 0 aromatic heterocycles. The number of alkyl halides is 1. The van der Waals surface area contributed by atoms with Gasteiger partial charge in [0, 0.05) is 12.1 Å². The highest BCUT2D eigenvalue weighted by Gasteiger charge is 2.50. The molecule has 4 saturated carbocycles. The zero-order chi connectivity index (χ0) is 11.9. The van der Waals surface area contributed by atoms with E-state index in [2.05, 4.69) is 32.9 Å². The van der Waals surface area contributed by atoms with Crippen molar-refractivity contribution in [2.45, 2.75) is 48.9 Å². The molecule has 3 nitrogen and oxygen atoms in total. The molecule has 0 aliphatic heterocycles. The average molecular weight is 298 g/mol. The molecule has 1 atom stereocenters. The van der Waals surface area contributed by atoms with Crippen molar-refractivity contribution in [1.29, 1.82) is 5.26 Å². The molecule has 94 valence electrons. The van der Waals surface area contributed by atoms with E-state index in [0.717, 1.165) is 17.8 Å². The van der Waals surface area contributed by atoms with E-state index in [4.69, 9.17) is 5.26 Å². The zero-order valence-electron chi connectivity index (χ0n) is 10.1. The number of hydrazine groups is 1. The molecule has 4 rings (SSSR count). The first-order chi connectivity index (χ1) is 8.19. The first-order valence-corrected chi connectivity index (χ1v) is 7.64. The van der Waals surface area contributed by atoms with Crippen LogP contribution in [0.1, 0.15) is 38.5 Å². The van der Waals surface area contributed by atoms with Gasteiger partial charge in [-0.1, -0.05) is 15.9 Å². The van der Waals surface area contributed by atoms with E-state index in [1.807, 2.05) is 0 Å². The third-order valence-electron chi connectivity index (χ3n) is 4.81. The Balaban J connectivity index is 1.57. The minimum absolute atomic E-state index is 0.0936. The van der Waals surface area contributed by atoms with Crippen molar-refractivity contribution in [3.8, 4) is 6.07 Å². The highest BCUT2D eigenvalue weighted by atomic mass is 79.9. The lowest BCUT2D eigenvalue weighted by Crippen LogP contribution is -2.62. The van der Waals surface area contributed by atoms with Crippen LogP contribution in [-0.2, 0) is 0 Å². The van der Waals surface area contributed by atoms with Crippen LogP contribution in [0.3, 0.4) is 0 Å². The number of nitriles is 1. The molecule has 17 heavy (non-hydrogen) atoms. The molecule has 0 aromatic rings. The molecule has 4 heteroatoms. The normalized spacial score (nSPS) is 44.6. The fourth-order valence-corrected chi connectivity index (χ4v) is 4.80. The third kappa shape index (κ3) is 2.38. The molecular formula is C13H20BrN3. The lowest BCUT2D eigenvalue weighted by molar-refractivity contribution is -0.0265. The quantitative estimate of drug-likeness (QED) is 0.618. The molecule has 4 fully saturated rings. The van der Waals surface area contributed by atoms with Crippen LogP contribution in [0.4, 0.5) is 0 Å². The minimum atomic E-state index is -0.0936. The van der Waals surface area contributed by atoms with E-state index in [1.54, 1.807) is 0 Å². The van der Waals surface area contributed by atoms with E-state index in [1.165, 1.54) is 38.5 Å². The van der Waals surface area contributed by atoms with E-state index in [9.17, 15) is 0 Å². The lowest BCUT2D eigenvalue weighted by atomic mass is 9.53. The van der Waals surface area contributed by atoms with Gasteiger partial charge in [-0.3, -0.25) is 10.9 Å². The van der Waals surface area contributed by atoms with Gasteiger partial charge >= 0.3 is 0 Å². The summed E-state index contributed by atoms with van der Waals surface area (Å²) in [6.07, 6.45) is 8.43. The molecule has 0 amide bonds. The van der Waals surface area contributed by atoms with Crippen LogP contribution < -0.4 is 10.9 Å². The van der Waals surface area contributed by atoms with Crippen molar-refractivity contribution >= 4 is 15.9 Å². The minimum Gasteiger partial charge on any atom is -0.255 e. The van der Waals surface area contributed by atoms with Gasteiger partial charge in [-0.15, -0.1) is 0 Å². The SMILES string of the molecule is N#CC(Br)CNNC12CC3CC(CC(C3)C1)C2. The Kier molecular flexibility index (Phi) is 3.18. The molecular weight excluding hydrogens is 278 g/mol. The maximum Gasteiger partial charge on any atom is 0.115 e. The van der Waals surface area contributed by atoms with Gasteiger partial charge in [-0.2, -0.15) is 5.26 Å². The summed E-state index contributed by atoms with van der Waals surface area (Å²) in [7, 11) is 0. The predicted octanol–water partition coefficient (Wildman–Crippen LogP) is 2.34. The van der Waals surface area contributed by atoms with Crippen LogP contribution in [-0.4, -0.2) is 16.9 Å². The van der Waals surface area contributed by atoms with Gasteiger partial charge in [0.25, 0.3) is 0 Å². The van der Waals surface area contributed by atoms with Crippen LogP contribution in [0.25, 0.3) is 0 Å². The molecule has 0 heterocycles. The van der Waals surface area contributed by atoms with Crippen LogP contribution in [0.15, 0.2) is 0 Å². The monoisotopic (exact) mass is 297 g/mol. The van der Waals surface area contributed by atoms with Gasteiger partial charge in [-0.05, 0) is 56.3 Å². The molecule has 2 N–H and O–H groups in total. The van der Waals surface area contributed by atoms with Crippen LogP contribution in [0, 0.1) is 29.1 Å². The van der Waals surface area contributed by atoms with Crippen LogP contribution in [0.2, 0.25) is 0 Å². The Hall–Kier alpha value is -0.110. The summed E-state index contributed by atoms with van der Waals surface area (Å²) in [5, 5.41) is 8.73. The lowest BCUT2D eigenvalue weighted by Gasteiger charge is -2.57. The highest BCUT2D eigenvalue weighted by molar-refractivity contribution is 9.09. The average Bonchev–Trinajstić information content (AvgIpc) is 2.26. The Bertz CT molecular complexity index is 301. The Morgan fingerprint density at radius 2 is 1.71 bits per heavy atom. The van der Waals surface area contributed by atoms with Crippen molar-refractivity contribution in [1.82, 2.24) is 10.9 Å². The molecule has 4 bridgehead atoms. The Labute approximate surface area is 111 Å². The fourth-order valence-electron chi connectivity index (χ4n) is 4.64. The first-order valence-electron chi connectivity index (χ1n) is 6.73. The van der Waals surface area contributed by atoms with E-state index >= 15 is 0 Å². The Morgan fingerprint density at radius 3 is 2.18 bits per heavy atom. The van der Waals surface area contributed by atoms with E-state index in [-0.39, 0.29) is 4.83 Å². The van der Waals surface area contributed by atoms with Crippen molar-refractivity contribution in [2.24, 2.45) is 17.8 Å². The zero-order valence-corrected chi connectivity index (χ0v) is 11.7. The summed E-state index contributed by atoms with van der Waals surface area (Å²) in [5.74, 6) is 2.89. The largest absolute Gasteiger partial charge is 0.255 e. The summed E-state index contributed by atoms with van der Waals surface area (Å²) in [4.78, 5) is -0.0936. The summed E-state index contributed by atoms with van der Waals surface area (Å²) < 4.78 is 0. The van der Waals surface area contributed by atoms with Crippen LogP contribution in [0.5, 0.6) is 0 Å². The number of halogens is 1. The summed E-state index contributed by atoms with van der Waals surface area (Å²) in [6.45, 7) is 0.679. The molecule has 1 unspecified atom stereocenters. The molecule has 0 radical (unpaired) electrons. The van der Waals surface area contributed by atoms with Crippen molar-refractivity contribution in [3.63, 3.8) is 0 Å². The van der Waals surface area contributed by atoms with Gasteiger partial charge in [-0.25, -0.2) is 0 Å². The van der Waals surface area contributed by atoms with E-state index in [0.29, 0.717) is 12.1 Å². The number of nitrogens with one attached hydrogen (secondary N) is 2. The fraction of sp³-hybridized carbons (Fsp3) is 0.923. The number of hydrogen-bond donors (Lipinski definition) is 2. The number of nitrogens with zero attached hydrogens (tertiary/aromatic N) is 1. The number of rotatable bonds is 4. The molecule has 4 aliphatic carbocycles. The first kappa shape index (κ1) is 12.0. The van der Waals surface area contributed by atoms with Gasteiger partial charge < -0.3 is 0 Å². The second kappa shape index (κ2) is 4.53. The van der Waals surface area contributed by atoms with Crippen LogP contribution >= 0.6 is 15.9 Å². The summed E-state index contributed by atoms with van der Waals surface area (Å²) in [6, 6.07) is 2.19. The topological polar surface area (TPSA) is 47.9 Å². The molecule has 4 aliphatic rings. The highest BCUT2D eigenvalue weighted by Crippen LogP contribution is 2.55. The number of hydrogen-bond acceptors (Lipinski definition) is 3. The molecule has 0 aromatic carbocycles. The Morgan fingerprint density at radius 1 is 1.18 bits per heavy atom. The second-order valence-corrected chi connectivity index (χ2v) is 7.41. The van der Waals surface area contributed by atoms with Gasteiger partial charge in [0.2, 0.25) is 0 Å². The maximum absolute atomic E-state index is 8.73. The van der Waals surface area contributed by atoms with Crippen molar-refractivity contribution in [3.05, 3.63) is 0 Å². The van der Waals surface area contributed by atoms with Gasteiger partial charge in [0.15, 0.2) is 0 Å². The second-order valence-electron chi connectivity index (χ2n) is 6.30. The summed E-state index contributed by atoms with van der Waals surface area (Å²) in [5.41, 5.74) is 7.18.